The molecule has 0 aromatic heterocycles. The molecule has 0 unspecified atom stereocenters. The standard InChI is InChI=1S/C19H19N3O4/c1-14-8-9-18(11-15(14)2)26-13-19(23)21-20-10-4-6-16-5-3-7-17(12-16)22(24)25/h3-12H,13H2,1-2H3,(H,21,23). The van der Waals surface area contributed by atoms with Crippen LogP contribution in [-0.2, 0) is 4.79 Å². The molecule has 0 aliphatic heterocycles. The van der Waals surface area contributed by atoms with Crippen molar-refractivity contribution in [2.45, 2.75) is 13.8 Å². The van der Waals surface area contributed by atoms with Gasteiger partial charge in [0.2, 0.25) is 0 Å². The van der Waals surface area contributed by atoms with Gasteiger partial charge in [-0.2, -0.15) is 5.10 Å². The smallest absolute Gasteiger partial charge is 0.277 e. The number of aryl methyl sites for hydroxylation is 2. The van der Waals surface area contributed by atoms with Crippen LogP contribution >= 0.6 is 0 Å². The summed E-state index contributed by atoms with van der Waals surface area (Å²) in [5, 5.41) is 14.5. The summed E-state index contributed by atoms with van der Waals surface area (Å²) in [4.78, 5) is 21.9. The molecule has 0 aliphatic carbocycles. The fraction of sp³-hybridized carbons (Fsp3) is 0.158. The molecule has 2 aromatic rings. The molecule has 0 atom stereocenters. The molecule has 0 aliphatic rings. The summed E-state index contributed by atoms with van der Waals surface area (Å²) >= 11 is 0. The van der Waals surface area contributed by atoms with E-state index in [2.05, 4.69) is 10.5 Å². The van der Waals surface area contributed by atoms with Crippen molar-refractivity contribution < 1.29 is 14.5 Å². The summed E-state index contributed by atoms with van der Waals surface area (Å²) in [5.41, 5.74) is 5.26. The first-order chi connectivity index (χ1) is 12.5. The fourth-order valence-corrected chi connectivity index (χ4v) is 2.03. The number of benzene rings is 2. The summed E-state index contributed by atoms with van der Waals surface area (Å²) in [6, 6.07) is 11.8. The van der Waals surface area contributed by atoms with E-state index in [1.165, 1.54) is 18.3 Å². The molecule has 1 N–H and O–H groups in total. The van der Waals surface area contributed by atoms with Gasteiger partial charge in [0.05, 0.1) is 4.92 Å². The van der Waals surface area contributed by atoms with Crippen molar-refractivity contribution in [2.75, 3.05) is 6.61 Å². The summed E-state index contributed by atoms with van der Waals surface area (Å²) in [6.07, 6.45) is 4.60. The van der Waals surface area contributed by atoms with Crippen LogP contribution in [0.1, 0.15) is 16.7 Å². The van der Waals surface area contributed by atoms with Crippen molar-refractivity contribution in [3.63, 3.8) is 0 Å². The number of amides is 1. The normalized spacial score (nSPS) is 11.0. The summed E-state index contributed by atoms with van der Waals surface area (Å²) in [6.45, 7) is 3.83. The average Bonchev–Trinajstić information content (AvgIpc) is 2.62. The molecular weight excluding hydrogens is 334 g/mol. The molecule has 134 valence electrons. The number of hydrazone groups is 1. The first-order valence-electron chi connectivity index (χ1n) is 7.89. The number of nitro benzene ring substituents is 1. The Kier molecular flexibility index (Phi) is 6.61. The highest BCUT2D eigenvalue weighted by Gasteiger charge is 2.03. The quantitative estimate of drug-likeness (QED) is 0.469. The number of nitrogens with zero attached hydrogens (tertiary/aromatic N) is 2. The van der Waals surface area contributed by atoms with E-state index in [0.29, 0.717) is 11.3 Å². The highest BCUT2D eigenvalue weighted by atomic mass is 16.6. The second-order valence-electron chi connectivity index (χ2n) is 5.56. The van der Waals surface area contributed by atoms with Gasteiger partial charge in [0, 0.05) is 18.3 Å². The third-order valence-electron chi connectivity index (χ3n) is 3.57. The summed E-state index contributed by atoms with van der Waals surface area (Å²) in [5.74, 6) is 0.237. The van der Waals surface area contributed by atoms with Gasteiger partial charge < -0.3 is 4.74 Å². The van der Waals surface area contributed by atoms with Gasteiger partial charge in [0.25, 0.3) is 11.6 Å². The van der Waals surface area contributed by atoms with Crippen molar-refractivity contribution in [1.82, 2.24) is 5.43 Å². The predicted octanol–water partition coefficient (Wildman–Crippen LogP) is 3.41. The van der Waals surface area contributed by atoms with Crippen LogP contribution in [0.3, 0.4) is 0 Å². The molecule has 0 spiro atoms. The number of carbonyl (C=O) groups excluding carboxylic acids is 1. The maximum absolute atomic E-state index is 11.7. The first-order valence-corrected chi connectivity index (χ1v) is 7.89. The zero-order chi connectivity index (χ0) is 18.9. The number of rotatable bonds is 7. The third kappa shape index (κ3) is 5.86. The van der Waals surface area contributed by atoms with Crippen molar-refractivity contribution in [3.05, 3.63) is 75.3 Å². The van der Waals surface area contributed by atoms with Crippen molar-refractivity contribution in [1.29, 1.82) is 0 Å². The van der Waals surface area contributed by atoms with Gasteiger partial charge in [-0.1, -0.05) is 24.3 Å². The number of hydrogen-bond acceptors (Lipinski definition) is 5. The second-order valence-corrected chi connectivity index (χ2v) is 5.56. The van der Waals surface area contributed by atoms with E-state index >= 15 is 0 Å². The van der Waals surface area contributed by atoms with Gasteiger partial charge >= 0.3 is 0 Å². The van der Waals surface area contributed by atoms with Gasteiger partial charge in [-0.05, 0) is 48.7 Å². The van der Waals surface area contributed by atoms with E-state index < -0.39 is 4.92 Å². The largest absolute Gasteiger partial charge is 0.484 e. The minimum absolute atomic E-state index is 0.0147. The van der Waals surface area contributed by atoms with Crippen LogP contribution in [0.15, 0.2) is 53.6 Å². The minimum Gasteiger partial charge on any atom is -0.484 e. The maximum atomic E-state index is 11.7. The van der Waals surface area contributed by atoms with Crippen molar-refractivity contribution in [2.24, 2.45) is 5.10 Å². The molecule has 7 nitrogen and oxygen atoms in total. The SMILES string of the molecule is Cc1ccc(OCC(=O)NN=CC=Cc2cccc([N+](=O)[O-])c2)cc1C. The summed E-state index contributed by atoms with van der Waals surface area (Å²) < 4.78 is 5.40. The Morgan fingerprint density at radius 3 is 2.77 bits per heavy atom. The Bertz CT molecular complexity index is 860. The molecule has 7 heteroatoms. The molecule has 0 saturated heterocycles. The fourth-order valence-electron chi connectivity index (χ4n) is 2.03. The van der Waals surface area contributed by atoms with Crippen LogP contribution in [0.25, 0.3) is 6.08 Å². The van der Waals surface area contributed by atoms with Crippen molar-refractivity contribution >= 4 is 23.9 Å². The highest BCUT2D eigenvalue weighted by Crippen LogP contribution is 2.16. The molecule has 1 amide bonds. The lowest BCUT2D eigenvalue weighted by atomic mass is 10.1. The van der Waals surface area contributed by atoms with Gasteiger partial charge in [-0.15, -0.1) is 0 Å². The molecule has 26 heavy (non-hydrogen) atoms. The van der Waals surface area contributed by atoms with Crippen LogP contribution < -0.4 is 10.2 Å². The molecule has 2 aromatic carbocycles. The zero-order valence-electron chi connectivity index (χ0n) is 14.5. The van der Waals surface area contributed by atoms with E-state index in [-0.39, 0.29) is 18.2 Å². The lowest BCUT2D eigenvalue weighted by Crippen LogP contribution is -2.24. The number of non-ortho nitro benzene ring substituents is 1. The molecule has 0 heterocycles. The Labute approximate surface area is 151 Å². The molecular formula is C19H19N3O4. The highest BCUT2D eigenvalue weighted by molar-refractivity contribution is 5.82. The molecule has 0 bridgehead atoms. The number of carbonyl (C=O) groups is 1. The Morgan fingerprint density at radius 2 is 2.04 bits per heavy atom. The first kappa shape index (κ1) is 18.9. The van der Waals surface area contributed by atoms with E-state index in [1.807, 2.05) is 26.0 Å². The van der Waals surface area contributed by atoms with E-state index in [1.54, 1.807) is 30.4 Å². The number of hydrogen-bond donors (Lipinski definition) is 1. The maximum Gasteiger partial charge on any atom is 0.277 e. The number of nitrogens with one attached hydrogen (secondary N) is 1. The molecule has 0 radical (unpaired) electrons. The topological polar surface area (TPSA) is 93.8 Å². The van der Waals surface area contributed by atoms with Crippen LogP contribution in [0, 0.1) is 24.0 Å². The Hall–Kier alpha value is -3.48. The Morgan fingerprint density at radius 1 is 1.23 bits per heavy atom. The van der Waals surface area contributed by atoms with Crippen molar-refractivity contribution in [3.8, 4) is 5.75 Å². The van der Waals surface area contributed by atoms with E-state index in [4.69, 9.17) is 4.74 Å². The molecule has 0 saturated carbocycles. The number of nitro groups is 1. The van der Waals surface area contributed by atoms with E-state index in [0.717, 1.165) is 11.1 Å². The van der Waals surface area contributed by atoms with Gasteiger partial charge in [0.1, 0.15) is 5.75 Å². The van der Waals surface area contributed by atoms with Crippen LogP contribution in [0.4, 0.5) is 5.69 Å². The third-order valence-corrected chi connectivity index (χ3v) is 3.57. The lowest BCUT2D eigenvalue weighted by Gasteiger charge is -2.07. The second kappa shape index (κ2) is 9.12. The Balaban J connectivity index is 1.78. The predicted molar refractivity (Wildman–Crippen MR) is 100 cm³/mol. The van der Waals surface area contributed by atoms with Gasteiger partial charge in [0.15, 0.2) is 6.61 Å². The van der Waals surface area contributed by atoms with Crippen LogP contribution in [0.5, 0.6) is 5.75 Å². The summed E-state index contributed by atoms with van der Waals surface area (Å²) in [7, 11) is 0. The molecule has 0 fully saturated rings. The van der Waals surface area contributed by atoms with Gasteiger partial charge in [-0.3, -0.25) is 14.9 Å². The van der Waals surface area contributed by atoms with Crippen LogP contribution in [-0.4, -0.2) is 23.7 Å². The van der Waals surface area contributed by atoms with E-state index in [9.17, 15) is 14.9 Å². The molecule has 2 rings (SSSR count). The van der Waals surface area contributed by atoms with Crippen LogP contribution in [0.2, 0.25) is 0 Å². The zero-order valence-corrected chi connectivity index (χ0v) is 14.5. The van der Waals surface area contributed by atoms with Gasteiger partial charge in [-0.25, -0.2) is 5.43 Å². The minimum atomic E-state index is -0.457. The average molecular weight is 353 g/mol. The lowest BCUT2D eigenvalue weighted by molar-refractivity contribution is -0.384. The monoisotopic (exact) mass is 353 g/mol. The number of ether oxygens (including phenoxy) is 1. The number of allylic oxidation sites excluding steroid dienone is 1.